The molecule has 1 N–H and O–H groups in total. The molecule has 0 amide bonds. The first kappa shape index (κ1) is 34.6. The highest BCUT2D eigenvalue weighted by Gasteiger charge is 2.14. The maximum atomic E-state index is 14.6. The average Bonchev–Trinajstić information content (AvgIpc) is 3.04. The molecule has 4 aromatic carbocycles. The van der Waals surface area contributed by atoms with Crippen molar-refractivity contribution < 1.29 is 36.6 Å². The SMILES string of the molecule is N#Cc1ccc(-c2ccc(OC(=O)CCCCCCCCCC(=O)Oc3ccc(-c4ccc(C=N)c(F)c4)c(F)c3)cc2F)cc1F. The Bertz CT molecular complexity index is 1800. The Morgan fingerprint density at radius 1 is 0.617 bits per heavy atom. The summed E-state index contributed by atoms with van der Waals surface area (Å²) in [5, 5.41) is 16.0. The van der Waals surface area contributed by atoms with E-state index >= 15 is 0 Å². The Morgan fingerprint density at radius 2 is 1.09 bits per heavy atom. The van der Waals surface area contributed by atoms with Crippen LogP contribution < -0.4 is 9.47 Å². The minimum Gasteiger partial charge on any atom is -0.426 e. The molecule has 0 aliphatic heterocycles. The van der Waals surface area contributed by atoms with Gasteiger partial charge in [-0.05, 0) is 72.5 Å². The molecule has 0 spiro atoms. The molecule has 0 aliphatic rings. The molecule has 0 aromatic heterocycles. The van der Waals surface area contributed by atoms with Crippen LogP contribution in [0.5, 0.6) is 11.5 Å². The van der Waals surface area contributed by atoms with Crippen molar-refractivity contribution in [3.8, 4) is 39.8 Å². The Hall–Kier alpha value is -5.30. The summed E-state index contributed by atoms with van der Waals surface area (Å²) in [6.45, 7) is 0. The molecule has 0 aliphatic carbocycles. The molecule has 0 unspecified atom stereocenters. The number of ether oxygens (including phenoxy) is 2. The van der Waals surface area contributed by atoms with E-state index in [9.17, 15) is 27.2 Å². The van der Waals surface area contributed by atoms with Crippen molar-refractivity contribution in [2.24, 2.45) is 0 Å². The van der Waals surface area contributed by atoms with E-state index in [1.54, 1.807) is 6.07 Å². The third kappa shape index (κ3) is 9.84. The van der Waals surface area contributed by atoms with Crippen LogP contribution in [0.3, 0.4) is 0 Å². The fourth-order valence-corrected chi connectivity index (χ4v) is 4.96. The van der Waals surface area contributed by atoms with Gasteiger partial charge < -0.3 is 14.9 Å². The van der Waals surface area contributed by atoms with Crippen LogP contribution in [0, 0.1) is 40.0 Å². The summed E-state index contributed by atoms with van der Waals surface area (Å²) in [7, 11) is 0. The highest BCUT2D eigenvalue weighted by atomic mass is 19.1. The molecule has 47 heavy (non-hydrogen) atoms. The number of benzene rings is 4. The van der Waals surface area contributed by atoms with Gasteiger partial charge in [0.1, 0.15) is 40.8 Å². The van der Waals surface area contributed by atoms with Crippen LogP contribution in [0.25, 0.3) is 22.3 Å². The lowest BCUT2D eigenvalue weighted by Crippen LogP contribution is -2.08. The van der Waals surface area contributed by atoms with Crippen LogP contribution in [-0.2, 0) is 9.59 Å². The van der Waals surface area contributed by atoms with Gasteiger partial charge in [0.25, 0.3) is 0 Å². The lowest BCUT2D eigenvalue weighted by atomic mass is 10.0. The van der Waals surface area contributed by atoms with Gasteiger partial charge in [-0.25, -0.2) is 17.6 Å². The van der Waals surface area contributed by atoms with Crippen LogP contribution in [0.1, 0.15) is 68.9 Å². The van der Waals surface area contributed by atoms with Gasteiger partial charge in [0.05, 0.1) is 5.56 Å². The Morgan fingerprint density at radius 3 is 1.51 bits per heavy atom. The summed E-state index contributed by atoms with van der Waals surface area (Å²) in [6, 6.07) is 17.4. The van der Waals surface area contributed by atoms with Gasteiger partial charge in [-0.2, -0.15) is 5.26 Å². The lowest BCUT2D eigenvalue weighted by Gasteiger charge is -2.09. The van der Waals surface area contributed by atoms with E-state index in [-0.39, 0.29) is 52.2 Å². The Balaban J connectivity index is 1.08. The minimum absolute atomic E-state index is 0.0497. The maximum absolute atomic E-state index is 14.6. The number of nitrogens with one attached hydrogen (secondary N) is 1. The van der Waals surface area contributed by atoms with Gasteiger partial charge in [0.15, 0.2) is 0 Å². The molecule has 0 heterocycles. The Labute approximate surface area is 270 Å². The first-order valence-electron chi connectivity index (χ1n) is 15.2. The number of nitriles is 1. The second kappa shape index (κ2) is 16.9. The zero-order valence-electron chi connectivity index (χ0n) is 25.5. The van der Waals surface area contributed by atoms with Crippen molar-refractivity contribution >= 4 is 18.2 Å². The number of esters is 2. The number of carbonyl (C=O) groups excluding carboxylic acids is 2. The molecule has 0 fully saturated rings. The summed E-state index contributed by atoms with van der Waals surface area (Å²) >= 11 is 0. The second-order valence-corrected chi connectivity index (χ2v) is 10.9. The molecule has 0 saturated carbocycles. The molecule has 0 radical (unpaired) electrons. The largest absolute Gasteiger partial charge is 0.426 e. The molecule has 0 saturated heterocycles. The summed E-state index contributed by atoms with van der Waals surface area (Å²) in [4.78, 5) is 24.4. The molecule has 10 heteroatoms. The average molecular weight is 645 g/mol. The summed E-state index contributed by atoms with van der Waals surface area (Å²) in [6.07, 6.45) is 6.75. The number of halogens is 4. The fraction of sp³-hybridized carbons (Fsp3) is 0.243. The van der Waals surface area contributed by atoms with E-state index < -0.39 is 35.2 Å². The van der Waals surface area contributed by atoms with Gasteiger partial charge in [-0.1, -0.05) is 44.2 Å². The van der Waals surface area contributed by atoms with Gasteiger partial charge in [-0.3, -0.25) is 9.59 Å². The maximum Gasteiger partial charge on any atom is 0.311 e. The summed E-state index contributed by atoms with van der Waals surface area (Å²) < 4.78 is 67.6. The fourth-order valence-electron chi connectivity index (χ4n) is 4.96. The number of unbranched alkanes of at least 4 members (excludes halogenated alkanes) is 6. The van der Waals surface area contributed by atoms with Crippen LogP contribution in [0.2, 0.25) is 0 Å². The summed E-state index contributed by atoms with van der Waals surface area (Å²) in [5.74, 6) is -3.57. The monoisotopic (exact) mass is 644 g/mol. The van der Waals surface area contributed by atoms with Crippen LogP contribution >= 0.6 is 0 Å². The zero-order chi connectivity index (χ0) is 33.8. The third-order valence-corrected chi connectivity index (χ3v) is 7.47. The first-order valence-corrected chi connectivity index (χ1v) is 15.2. The van der Waals surface area contributed by atoms with Crippen molar-refractivity contribution in [3.63, 3.8) is 0 Å². The molecule has 0 atom stereocenters. The quantitative estimate of drug-likeness (QED) is 0.0457. The molecular weight excluding hydrogens is 612 g/mol. The van der Waals surface area contributed by atoms with E-state index in [1.807, 2.05) is 0 Å². The lowest BCUT2D eigenvalue weighted by molar-refractivity contribution is -0.135. The Kier molecular flexibility index (Phi) is 12.4. The van der Waals surface area contributed by atoms with Crippen LogP contribution in [-0.4, -0.2) is 18.2 Å². The number of rotatable bonds is 15. The number of hydrogen-bond acceptors (Lipinski definition) is 6. The second-order valence-electron chi connectivity index (χ2n) is 10.9. The van der Waals surface area contributed by atoms with Gasteiger partial charge in [0.2, 0.25) is 0 Å². The smallest absolute Gasteiger partial charge is 0.311 e. The van der Waals surface area contributed by atoms with E-state index in [1.165, 1.54) is 48.5 Å². The number of nitrogens with zero attached hydrogens (tertiary/aromatic N) is 1. The van der Waals surface area contributed by atoms with Crippen LogP contribution in [0.4, 0.5) is 17.6 Å². The molecule has 4 aromatic rings. The zero-order valence-corrected chi connectivity index (χ0v) is 25.5. The van der Waals surface area contributed by atoms with Gasteiger partial charge in [0, 0.05) is 47.9 Å². The van der Waals surface area contributed by atoms with Crippen molar-refractivity contribution in [1.29, 1.82) is 10.7 Å². The standard InChI is InChI=1S/C37H32F4N2O4/c38-32-18-24(10-12-26(32)22-42)30-16-14-28(20-34(30)40)46-36(44)8-6-4-2-1-3-5-7-9-37(45)47-29-15-17-31(35(41)21-29)25-11-13-27(23-43)33(39)19-25/h10-22,42H,1-9H2. The van der Waals surface area contributed by atoms with E-state index in [0.29, 0.717) is 18.4 Å². The molecule has 242 valence electrons. The van der Waals surface area contributed by atoms with Gasteiger partial charge >= 0.3 is 11.9 Å². The highest BCUT2D eigenvalue weighted by Crippen LogP contribution is 2.29. The van der Waals surface area contributed by atoms with E-state index in [2.05, 4.69) is 0 Å². The predicted molar refractivity (Wildman–Crippen MR) is 169 cm³/mol. The normalized spacial score (nSPS) is 10.7. The van der Waals surface area contributed by atoms with E-state index in [0.717, 1.165) is 62.6 Å². The minimum atomic E-state index is -0.747. The van der Waals surface area contributed by atoms with Crippen LogP contribution in [0.15, 0.2) is 72.8 Å². The third-order valence-electron chi connectivity index (χ3n) is 7.47. The van der Waals surface area contributed by atoms with Crippen molar-refractivity contribution in [2.45, 2.75) is 57.8 Å². The number of hydrogen-bond donors (Lipinski definition) is 1. The molecule has 0 bridgehead atoms. The van der Waals surface area contributed by atoms with Crippen molar-refractivity contribution in [3.05, 3.63) is 107 Å². The predicted octanol–water partition coefficient (Wildman–Crippen LogP) is 9.47. The van der Waals surface area contributed by atoms with E-state index in [4.69, 9.17) is 20.1 Å². The topological polar surface area (TPSA) is 100 Å². The molecule has 6 nitrogen and oxygen atoms in total. The summed E-state index contributed by atoms with van der Waals surface area (Å²) in [5.41, 5.74) is 0.805. The molecular formula is C37H32F4N2O4. The highest BCUT2D eigenvalue weighted by molar-refractivity contribution is 5.79. The number of carbonyl (C=O) groups is 2. The van der Waals surface area contributed by atoms with Gasteiger partial charge in [-0.15, -0.1) is 0 Å². The van der Waals surface area contributed by atoms with Crippen molar-refractivity contribution in [1.82, 2.24) is 0 Å². The van der Waals surface area contributed by atoms with Crippen molar-refractivity contribution in [2.75, 3.05) is 0 Å². The first-order chi connectivity index (χ1) is 22.7. The molecule has 4 rings (SSSR count).